The number of piperazine rings is 1. The van der Waals surface area contributed by atoms with Crippen molar-refractivity contribution < 1.29 is 45.5 Å². The number of hydrogen-bond acceptors (Lipinski definition) is 4. The van der Waals surface area contributed by atoms with Gasteiger partial charge in [-0.15, -0.1) is 0 Å². The Kier molecular flexibility index (Phi) is 7.56. The molecule has 1 atom stereocenters. The van der Waals surface area contributed by atoms with E-state index in [1.54, 1.807) is 0 Å². The first-order valence-electron chi connectivity index (χ1n) is 12.4. The van der Waals surface area contributed by atoms with Crippen LogP contribution in [-0.4, -0.2) is 59.8 Å². The van der Waals surface area contributed by atoms with Crippen molar-refractivity contribution in [2.24, 2.45) is 0 Å². The maximum Gasteiger partial charge on any atom is 0.416 e. The Hall–Kier alpha value is -4.26. The molecule has 3 aromatic rings. The number of anilines is 1. The predicted molar refractivity (Wildman–Crippen MR) is 139 cm³/mol. The number of nitrogens with zero attached hydrogens (tertiary/aromatic N) is 2. The first-order chi connectivity index (χ1) is 19.7. The van der Waals surface area contributed by atoms with E-state index < -0.39 is 53.8 Å². The number of ether oxygens (including phenoxy) is 1. The number of halogens is 7. The maximum atomic E-state index is 13.5. The lowest BCUT2D eigenvalue weighted by atomic mass is 9.99. The van der Waals surface area contributed by atoms with Gasteiger partial charge < -0.3 is 19.9 Å². The number of alkyl halides is 6. The number of carbonyl (C=O) groups is 3. The molecule has 1 N–H and O–H groups in total. The van der Waals surface area contributed by atoms with Crippen LogP contribution in [0, 0.1) is 0 Å². The average Bonchev–Trinajstić information content (AvgIpc) is 3.04. The molecule has 42 heavy (non-hydrogen) atoms. The standard InChI is InChI=1S/C28H20ClF6N3O4/c29-20-12-18(28(33,34)35)5-7-23(20)42-14-24(39)37-8-9-38-22(13-37)25(40)36-21-6-4-16(11-19(21)26(38)41)15-2-1-3-17(10-15)27(30,31)32/h1-7,10-12,22H,8-9,13-14H2,(H,36,40). The number of hydrogen-bond donors (Lipinski definition) is 1. The van der Waals surface area contributed by atoms with Gasteiger partial charge in [-0.2, -0.15) is 26.3 Å². The number of carbonyl (C=O) groups excluding carboxylic acids is 3. The molecular weight excluding hydrogens is 592 g/mol. The third-order valence-electron chi connectivity index (χ3n) is 6.94. The van der Waals surface area contributed by atoms with Gasteiger partial charge in [-0.3, -0.25) is 14.4 Å². The molecule has 220 valence electrons. The molecule has 0 bridgehead atoms. The van der Waals surface area contributed by atoms with E-state index in [1.165, 1.54) is 40.1 Å². The van der Waals surface area contributed by atoms with Gasteiger partial charge in [0.2, 0.25) is 5.91 Å². The second-order valence-electron chi connectivity index (χ2n) is 9.61. The largest absolute Gasteiger partial charge is 0.482 e. The summed E-state index contributed by atoms with van der Waals surface area (Å²) in [6, 6.07) is 10.3. The van der Waals surface area contributed by atoms with Crippen LogP contribution >= 0.6 is 11.6 Å². The number of fused-ring (bicyclic) bond motifs is 2. The summed E-state index contributed by atoms with van der Waals surface area (Å²) in [6.45, 7) is -0.763. The Morgan fingerprint density at radius 2 is 1.60 bits per heavy atom. The van der Waals surface area contributed by atoms with Crippen molar-refractivity contribution in [2.75, 3.05) is 31.6 Å². The molecule has 3 amide bonds. The highest BCUT2D eigenvalue weighted by Gasteiger charge is 2.41. The fourth-order valence-corrected chi connectivity index (χ4v) is 4.99. The van der Waals surface area contributed by atoms with Gasteiger partial charge in [-0.05, 0) is 53.6 Å². The van der Waals surface area contributed by atoms with E-state index in [2.05, 4.69) is 5.32 Å². The fourth-order valence-electron chi connectivity index (χ4n) is 4.76. The van der Waals surface area contributed by atoms with Crippen LogP contribution in [0.1, 0.15) is 21.5 Å². The third kappa shape index (κ3) is 5.87. The minimum absolute atomic E-state index is 0.0289. The van der Waals surface area contributed by atoms with Gasteiger partial charge in [0, 0.05) is 13.1 Å². The first kappa shape index (κ1) is 29.2. The van der Waals surface area contributed by atoms with Crippen LogP contribution in [0.5, 0.6) is 5.75 Å². The van der Waals surface area contributed by atoms with E-state index in [1.807, 2.05) is 0 Å². The summed E-state index contributed by atoms with van der Waals surface area (Å²) in [5.74, 6) is -1.83. The zero-order valence-electron chi connectivity index (χ0n) is 21.4. The summed E-state index contributed by atoms with van der Waals surface area (Å²) in [7, 11) is 0. The summed E-state index contributed by atoms with van der Waals surface area (Å²) < 4.78 is 83.5. The Balaban J connectivity index is 1.30. The number of benzene rings is 3. The summed E-state index contributed by atoms with van der Waals surface area (Å²) in [5.41, 5.74) is -0.992. The van der Waals surface area contributed by atoms with Gasteiger partial charge in [0.05, 0.1) is 33.9 Å². The molecule has 0 aromatic heterocycles. The van der Waals surface area contributed by atoms with E-state index in [-0.39, 0.29) is 47.2 Å². The first-order valence-corrected chi connectivity index (χ1v) is 12.8. The summed E-state index contributed by atoms with van der Waals surface area (Å²) in [5, 5.41) is 2.31. The monoisotopic (exact) mass is 611 g/mol. The van der Waals surface area contributed by atoms with Crippen molar-refractivity contribution in [3.05, 3.63) is 82.4 Å². The quantitative estimate of drug-likeness (QED) is 0.383. The highest BCUT2D eigenvalue weighted by Crippen LogP contribution is 2.36. The highest BCUT2D eigenvalue weighted by atomic mass is 35.5. The summed E-state index contributed by atoms with van der Waals surface area (Å²) in [4.78, 5) is 42.0. The van der Waals surface area contributed by atoms with Crippen LogP contribution in [0.15, 0.2) is 60.7 Å². The Bertz CT molecular complexity index is 1580. The summed E-state index contributed by atoms with van der Waals surface area (Å²) in [6.07, 6.45) is -9.15. The van der Waals surface area contributed by atoms with Crippen molar-refractivity contribution >= 4 is 35.0 Å². The fraction of sp³-hybridized carbons (Fsp3) is 0.250. The lowest BCUT2D eigenvalue weighted by molar-refractivity contribution is -0.139. The van der Waals surface area contributed by atoms with Gasteiger partial charge in [-0.1, -0.05) is 29.8 Å². The zero-order chi connectivity index (χ0) is 30.4. The molecule has 5 rings (SSSR count). The molecule has 2 aliphatic heterocycles. The topological polar surface area (TPSA) is 79.0 Å². The normalized spacial score (nSPS) is 17.3. The second-order valence-corrected chi connectivity index (χ2v) is 10.0. The van der Waals surface area contributed by atoms with Gasteiger partial charge in [-0.25, -0.2) is 0 Å². The van der Waals surface area contributed by atoms with E-state index in [0.29, 0.717) is 11.6 Å². The molecule has 2 heterocycles. The van der Waals surface area contributed by atoms with Crippen molar-refractivity contribution in [1.29, 1.82) is 0 Å². The van der Waals surface area contributed by atoms with Crippen LogP contribution < -0.4 is 10.1 Å². The summed E-state index contributed by atoms with van der Waals surface area (Å²) >= 11 is 5.87. The predicted octanol–water partition coefficient (Wildman–Crippen LogP) is 5.73. The molecule has 0 spiro atoms. The Morgan fingerprint density at radius 3 is 2.29 bits per heavy atom. The van der Waals surface area contributed by atoms with E-state index in [4.69, 9.17) is 16.3 Å². The van der Waals surface area contributed by atoms with Gasteiger partial charge in [0.15, 0.2) is 6.61 Å². The molecule has 2 aliphatic rings. The Morgan fingerprint density at radius 1 is 0.905 bits per heavy atom. The zero-order valence-corrected chi connectivity index (χ0v) is 22.1. The van der Waals surface area contributed by atoms with Crippen LogP contribution in [0.3, 0.4) is 0 Å². The second kappa shape index (κ2) is 10.9. The van der Waals surface area contributed by atoms with Crippen LogP contribution in [0.2, 0.25) is 5.02 Å². The molecule has 1 saturated heterocycles. The maximum absolute atomic E-state index is 13.5. The molecule has 14 heteroatoms. The van der Waals surface area contributed by atoms with Gasteiger partial charge in [0.25, 0.3) is 11.8 Å². The van der Waals surface area contributed by atoms with E-state index in [9.17, 15) is 40.7 Å². The molecule has 1 fully saturated rings. The lowest BCUT2D eigenvalue weighted by Gasteiger charge is -2.39. The van der Waals surface area contributed by atoms with Crippen LogP contribution in [0.25, 0.3) is 11.1 Å². The number of amides is 3. The minimum Gasteiger partial charge on any atom is -0.482 e. The highest BCUT2D eigenvalue weighted by molar-refractivity contribution is 6.32. The molecule has 7 nitrogen and oxygen atoms in total. The van der Waals surface area contributed by atoms with Crippen molar-refractivity contribution in [3.8, 4) is 16.9 Å². The van der Waals surface area contributed by atoms with Crippen molar-refractivity contribution in [3.63, 3.8) is 0 Å². The minimum atomic E-state index is -4.60. The third-order valence-corrected chi connectivity index (χ3v) is 7.23. The molecule has 0 radical (unpaired) electrons. The molecule has 0 saturated carbocycles. The SMILES string of the molecule is O=C1Nc2ccc(-c3cccc(C(F)(F)F)c3)cc2C(=O)N2CCN(C(=O)COc3ccc(C(F)(F)F)cc3Cl)CC12. The lowest BCUT2D eigenvalue weighted by Crippen LogP contribution is -2.60. The van der Waals surface area contributed by atoms with Crippen molar-refractivity contribution in [2.45, 2.75) is 18.4 Å². The van der Waals surface area contributed by atoms with Crippen LogP contribution in [-0.2, 0) is 21.9 Å². The van der Waals surface area contributed by atoms with Crippen LogP contribution in [0.4, 0.5) is 32.0 Å². The molecule has 1 unspecified atom stereocenters. The number of nitrogens with one attached hydrogen (secondary N) is 1. The smallest absolute Gasteiger partial charge is 0.416 e. The van der Waals surface area contributed by atoms with Gasteiger partial charge in [0.1, 0.15) is 11.8 Å². The van der Waals surface area contributed by atoms with E-state index >= 15 is 0 Å². The average molecular weight is 612 g/mol. The number of rotatable bonds is 4. The van der Waals surface area contributed by atoms with Crippen molar-refractivity contribution in [1.82, 2.24) is 9.80 Å². The molecule has 3 aromatic carbocycles. The van der Waals surface area contributed by atoms with E-state index in [0.717, 1.165) is 24.3 Å². The Labute approximate surface area is 239 Å². The molecular formula is C28H20ClF6N3O4. The molecule has 0 aliphatic carbocycles. The van der Waals surface area contributed by atoms with Gasteiger partial charge >= 0.3 is 12.4 Å².